The highest BCUT2D eigenvalue weighted by Crippen LogP contribution is 2.22. The average Bonchev–Trinajstić information content (AvgIpc) is 2.38. The molecule has 0 fully saturated rings. The number of allylic oxidation sites excluding steroid dienone is 1. The fraction of sp³-hybridized carbons (Fsp3) is 0.357. The predicted molar refractivity (Wildman–Crippen MR) is 69.9 cm³/mol. The van der Waals surface area contributed by atoms with Crippen LogP contribution in [-0.4, -0.2) is 18.6 Å². The Kier molecular flexibility index (Phi) is 4.89. The number of esters is 1. The number of hydrogen-bond acceptors (Lipinski definition) is 3. The zero-order valence-electron chi connectivity index (χ0n) is 10.7. The number of carbonyl (C=O) groups excluding carboxylic acids is 1. The van der Waals surface area contributed by atoms with Gasteiger partial charge in [-0.3, -0.25) is 0 Å². The zero-order chi connectivity index (χ0) is 13.6. The van der Waals surface area contributed by atoms with Crippen LogP contribution in [0.25, 0.3) is 0 Å². The summed E-state index contributed by atoms with van der Waals surface area (Å²) >= 11 is 0. The minimum atomic E-state index is -0.846. The van der Waals surface area contributed by atoms with Gasteiger partial charge in [-0.2, -0.15) is 0 Å². The molecule has 0 aliphatic heterocycles. The fourth-order valence-electron chi connectivity index (χ4n) is 1.68. The van der Waals surface area contributed by atoms with E-state index in [1.165, 1.54) is 19.2 Å². The van der Waals surface area contributed by atoms with Gasteiger partial charge in [0.2, 0.25) is 0 Å². The van der Waals surface area contributed by atoms with Gasteiger partial charge < -0.3 is 10.1 Å². The van der Waals surface area contributed by atoms with Crippen molar-refractivity contribution in [3.05, 3.63) is 42.7 Å². The van der Waals surface area contributed by atoms with Crippen molar-refractivity contribution in [3.8, 4) is 0 Å². The van der Waals surface area contributed by atoms with Gasteiger partial charge in [0.1, 0.15) is 11.4 Å². The molecule has 0 radical (unpaired) electrons. The Morgan fingerprint density at radius 1 is 1.50 bits per heavy atom. The van der Waals surface area contributed by atoms with Crippen molar-refractivity contribution in [1.82, 2.24) is 0 Å². The first kappa shape index (κ1) is 14.2. The SMILES string of the molecule is C=CCCC(C)(Nc1ccc(F)cc1)C(=O)OC. The molecule has 0 spiro atoms. The van der Waals surface area contributed by atoms with Gasteiger partial charge in [-0.1, -0.05) is 6.08 Å². The third-order valence-corrected chi connectivity index (χ3v) is 2.75. The molecule has 0 aliphatic rings. The molecular weight excluding hydrogens is 233 g/mol. The first-order valence-electron chi connectivity index (χ1n) is 5.75. The summed E-state index contributed by atoms with van der Waals surface area (Å²) in [5.74, 6) is -0.667. The molecule has 0 bridgehead atoms. The minimum Gasteiger partial charge on any atom is -0.467 e. The van der Waals surface area contributed by atoms with Crippen molar-refractivity contribution in [2.45, 2.75) is 25.3 Å². The number of carbonyl (C=O) groups is 1. The van der Waals surface area contributed by atoms with Crippen molar-refractivity contribution in [1.29, 1.82) is 0 Å². The number of anilines is 1. The second-order valence-electron chi connectivity index (χ2n) is 4.28. The van der Waals surface area contributed by atoms with Gasteiger partial charge in [0, 0.05) is 5.69 Å². The van der Waals surface area contributed by atoms with Gasteiger partial charge >= 0.3 is 5.97 Å². The molecule has 1 rings (SSSR count). The van der Waals surface area contributed by atoms with Crippen LogP contribution in [0, 0.1) is 5.82 Å². The molecule has 0 aromatic heterocycles. The van der Waals surface area contributed by atoms with E-state index in [2.05, 4.69) is 11.9 Å². The quantitative estimate of drug-likeness (QED) is 0.623. The molecule has 18 heavy (non-hydrogen) atoms. The molecule has 1 N–H and O–H groups in total. The summed E-state index contributed by atoms with van der Waals surface area (Å²) in [5, 5.41) is 3.08. The summed E-state index contributed by atoms with van der Waals surface area (Å²) in [6.07, 6.45) is 2.98. The molecule has 4 heteroatoms. The Bertz CT molecular complexity index is 416. The summed E-state index contributed by atoms with van der Waals surface area (Å²) in [6.45, 7) is 5.39. The lowest BCUT2D eigenvalue weighted by Crippen LogP contribution is -2.44. The van der Waals surface area contributed by atoms with E-state index in [-0.39, 0.29) is 11.8 Å². The van der Waals surface area contributed by atoms with E-state index in [1.54, 1.807) is 25.1 Å². The summed E-state index contributed by atoms with van der Waals surface area (Å²) < 4.78 is 17.6. The van der Waals surface area contributed by atoms with Crippen LogP contribution < -0.4 is 5.32 Å². The van der Waals surface area contributed by atoms with Crippen molar-refractivity contribution >= 4 is 11.7 Å². The Hall–Kier alpha value is -1.84. The average molecular weight is 251 g/mol. The van der Waals surface area contributed by atoms with Crippen LogP contribution in [0.2, 0.25) is 0 Å². The van der Waals surface area contributed by atoms with Gasteiger partial charge in [0.05, 0.1) is 7.11 Å². The number of nitrogens with one attached hydrogen (secondary N) is 1. The molecular formula is C14H18FNO2. The molecule has 1 unspecified atom stereocenters. The maximum atomic E-state index is 12.8. The van der Waals surface area contributed by atoms with E-state index in [1.807, 2.05) is 0 Å². The van der Waals surface area contributed by atoms with Gasteiger partial charge in [-0.15, -0.1) is 6.58 Å². The highest BCUT2D eigenvalue weighted by molar-refractivity contribution is 5.83. The van der Waals surface area contributed by atoms with E-state index in [0.717, 1.165) is 0 Å². The normalized spacial score (nSPS) is 13.5. The van der Waals surface area contributed by atoms with Crippen LogP contribution in [0.5, 0.6) is 0 Å². The van der Waals surface area contributed by atoms with Crippen LogP contribution in [0.15, 0.2) is 36.9 Å². The first-order valence-corrected chi connectivity index (χ1v) is 5.75. The molecule has 1 aromatic carbocycles. The highest BCUT2D eigenvalue weighted by Gasteiger charge is 2.33. The smallest absolute Gasteiger partial charge is 0.331 e. The van der Waals surface area contributed by atoms with E-state index < -0.39 is 5.54 Å². The van der Waals surface area contributed by atoms with E-state index in [0.29, 0.717) is 18.5 Å². The van der Waals surface area contributed by atoms with Gasteiger partial charge in [0.25, 0.3) is 0 Å². The van der Waals surface area contributed by atoms with Crippen LogP contribution in [-0.2, 0) is 9.53 Å². The van der Waals surface area contributed by atoms with E-state index in [9.17, 15) is 9.18 Å². The molecule has 3 nitrogen and oxygen atoms in total. The minimum absolute atomic E-state index is 0.314. The highest BCUT2D eigenvalue weighted by atomic mass is 19.1. The Balaban J connectivity index is 2.86. The fourth-order valence-corrected chi connectivity index (χ4v) is 1.68. The molecule has 0 saturated carbocycles. The topological polar surface area (TPSA) is 38.3 Å². The summed E-state index contributed by atoms with van der Waals surface area (Å²) in [6, 6.07) is 5.86. The third kappa shape index (κ3) is 3.58. The molecule has 1 aromatic rings. The van der Waals surface area contributed by atoms with Crippen molar-refractivity contribution in [3.63, 3.8) is 0 Å². The van der Waals surface area contributed by atoms with Crippen LogP contribution in [0.3, 0.4) is 0 Å². The summed E-state index contributed by atoms with van der Waals surface area (Å²) in [4.78, 5) is 11.8. The van der Waals surface area contributed by atoms with E-state index in [4.69, 9.17) is 4.74 Å². The van der Waals surface area contributed by atoms with E-state index >= 15 is 0 Å². The second-order valence-corrected chi connectivity index (χ2v) is 4.28. The monoisotopic (exact) mass is 251 g/mol. The number of rotatable bonds is 6. The summed E-state index contributed by atoms with van der Waals surface area (Å²) in [7, 11) is 1.35. The number of methoxy groups -OCH3 is 1. The van der Waals surface area contributed by atoms with Gasteiger partial charge in [0.15, 0.2) is 0 Å². The molecule has 0 amide bonds. The van der Waals surface area contributed by atoms with Crippen molar-refractivity contribution in [2.24, 2.45) is 0 Å². The molecule has 0 saturated heterocycles. The zero-order valence-corrected chi connectivity index (χ0v) is 10.7. The van der Waals surface area contributed by atoms with Crippen LogP contribution in [0.4, 0.5) is 10.1 Å². The third-order valence-electron chi connectivity index (χ3n) is 2.75. The lowest BCUT2D eigenvalue weighted by Gasteiger charge is -2.28. The predicted octanol–water partition coefficient (Wildman–Crippen LogP) is 3.14. The molecule has 98 valence electrons. The molecule has 0 heterocycles. The Morgan fingerprint density at radius 3 is 2.61 bits per heavy atom. The van der Waals surface area contributed by atoms with Crippen LogP contribution >= 0.6 is 0 Å². The van der Waals surface area contributed by atoms with Gasteiger partial charge in [-0.05, 0) is 44.0 Å². The number of benzene rings is 1. The largest absolute Gasteiger partial charge is 0.467 e. The van der Waals surface area contributed by atoms with Crippen molar-refractivity contribution < 1.29 is 13.9 Å². The summed E-state index contributed by atoms with van der Waals surface area (Å²) in [5.41, 5.74) is -0.172. The Morgan fingerprint density at radius 2 is 2.11 bits per heavy atom. The molecule has 0 aliphatic carbocycles. The maximum Gasteiger partial charge on any atom is 0.331 e. The van der Waals surface area contributed by atoms with Crippen LogP contribution in [0.1, 0.15) is 19.8 Å². The van der Waals surface area contributed by atoms with Crippen molar-refractivity contribution in [2.75, 3.05) is 12.4 Å². The number of halogens is 1. The first-order chi connectivity index (χ1) is 8.51. The molecule has 1 atom stereocenters. The van der Waals surface area contributed by atoms with Gasteiger partial charge in [-0.25, -0.2) is 9.18 Å². The second kappa shape index (κ2) is 6.19. The lowest BCUT2D eigenvalue weighted by atomic mass is 9.95. The Labute approximate surface area is 107 Å². The number of hydrogen-bond donors (Lipinski definition) is 1. The maximum absolute atomic E-state index is 12.8. The number of ether oxygens (including phenoxy) is 1. The standard InChI is InChI=1S/C14H18FNO2/c1-4-5-10-14(2,13(17)18-3)16-12-8-6-11(15)7-9-12/h4,6-9,16H,1,5,10H2,2-3H3. The lowest BCUT2D eigenvalue weighted by molar-refractivity contribution is -0.145.